The summed E-state index contributed by atoms with van der Waals surface area (Å²) in [6, 6.07) is 9.57. The average molecular weight is 147 g/mol. The van der Waals surface area contributed by atoms with Crippen molar-refractivity contribution in [2.75, 3.05) is 0 Å². The quantitative estimate of drug-likeness (QED) is 0.597. The second-order valence-electron chi connectivity index (χ2n) is 2.20. The van der Waals surface area contributed by atoms with Crippen LogP contribution < -0.4 is 4.74 Å². The highest BCUT2D eigenvalue weighted by molar-refractivity contribution is 5.22. The summed E-state index contributed by atoms with van der Waals surface area (Å²) in [6.07, 6.45) is 0.606. The summed E-state index contributed by atoms with van der Waals surface area (Å²) in [5, 5.41) is 0. The lowest BCUT2D eigenvalue weighted by Gasteiger charge is -2.04. The zero-order valence-corrected chi connectivity index (χ0v) is 6.42. The predicted octanol–water partition coefficient (Wildman–Crippen LogP) is 2.80. The number of hydrogen-bond donors (Lipinski definition) is 0. The van der Waals surface area contributed by atoms with Gasteiger partial charge in [0.05, 0.1) is 5.76 Å². The molecule has 1 aromatic rings. The van der Waals surface area contributed by atoms with Gasteiger partial charge < -0.3 is 4.74 Å². The lowest BCUT2D eigenvalue weighted by atomic mass is 10.3. The molecule has 0 saturated carbocycles. The molecule has 0 aliphatic heterocycles. The Balaban J connectivity index is 2.58. The second kappa shape index (κ2) is 3.81. The van der Waals surface area contributed by atoms with Gasteiger partial charge in [0.15, 0.2) is 0 Å². The van der Waals surface area contributed by atoms with E-state index in [0.717, 1.165) is 5.75 Å². The van der Waals surface area contributed by atoms with Gasteiger partial charge in [-0.15, -0.1) is 0 Å². The van der Waals surface area contributed by atoms with Crippen molar-refractivity contribution in [3.63, 3.8) is 0 Å². The number of allylic oxidation sites excluding steroid dienone is 1. The molecule has 1 aromatic carbocycles. The molecule has 57 valence electrons. The number of hydrogen-bond acceptors (Lipinski definition) is 1. The van der Waals surface area contributed by atoms with E-state index >= 15 is 0 Å². The van der Waals surface area contributed by atoms with Gasteiger partial charge in [0.2, 0.25) is 0 Å². The van der Waals surface area contributed by atoms with Gasteiger partial charge in [0, 0.05) is 6.42 Å². The molecule has 1 rings (SSSR count). The topological polar surface area (TPSA) is 9.23 Å². The van der Waals surface area contributed by atoms with Crippen LogP contribution in [-0.2, 0) is 0 Å². The summed E-state index contributed by atoms with van der Waals surface area (Å²) in [4.78, 5) is 0. The molecule has 1 heteroatoms. The standard InChI is InChI=1S/C10H11O/c1-3-9(2)11-10-7-5-4-6-8-10/h4-8H,1-3H2. The molecule has 0 saturated heterocycles. The van der Waals surface area contributed by atoms with Gasteiger partial charge in [-0.2, -0.15) is 0 Å². The maximum Gasteiger partial charge on any atom is 0.126 e. The monoisotopic (exact) mass is 147 g/mol. The van der Waals surface area contributed by atoms with Gasteiger partial charge in [-0.25, -0.2) is 0 Å². The minimum Gasteiger partial charge on any atom is -0.462 e. The molecular weight excluding hydrogens is 136 g/mol. The van der Waals surface area contributed by atoms with Crippen molar-refractivity contribution in [3.05, 3.63) is 49.6 Å². The van der Waals surface area contributed by atoms with Crippen molar-refractivity contribution in [2.24, 2.45) is 0 Å². The Labute approximate surface area is 67.3 Å². The second-order valence-corrected chi connectivity index (χ2v) is 2.20. The van der Waals surface area contributed by atoms with E-state index in [9.17, 15) is 0 Å². The van der Waals surface area contributed by atoms with E-state index in [4.69, 9.17) is 4.74 Å². The Kier molecular flexibility index (Phi) is 2.73. The largest absolute Gasteiger partial charge is 0.462 e. The lowest BCUT2D eigenvalue weighted by molar-refractivity contribution is 0.418. The molecule has 0 N–H and O–H groups in total. The van der Waals surface area contributed by atoms with Crippen LogP contribution >= 0.6 is 0 Å². The third-order valence-electron chi connectivity index (χ3n) is 1.28. The first-order chi connectivity index (χ1) is 5.33. The highest BCUT2D eigenvalue weighted by atomic mass is 16.5. The van der Waals surface area contributed by atoms with Crippen molar-refractivity contribution in [3.8, 4) is 5.75 Å². The summed E-state index contributed by atoms with van der Waals surface area (Å²) in [7, 11) is 0. The van der Waals surface area contributed by atoms with Crippen LogP contribution in [0.2, 0.25) is 0 Å². The Morgan fingerprint density at radius 2 is 1.91 bits per heavy atom. The molecule has 0 aliphatic rings. The SMILES string of the molecule is [CH2]CC(=C)Oc1ccccc1. The predicted molar refractivity (Wildman–Crippen MR) is 46.2 cm³/mol. The first-order valence-electron chi connectivity index (χ1n) is 3.53. The van der Waals surface area contributed by atoms with E-state index in [0.29, 0.717) is 12.2 Å². The Morgan fingerprint density at radius 3 is 2.45 bits per heavy atom. The van der Waals surface area contributed by atoms with E-state index < -0.39 is 0 Å². The van der Waals surface area contributed by atoms with E-state index in [1.165, 1.54) is 0 Å². The van der Waals surface area contributed by atoms with Crippen molar-refractivity contribution < 1.29 is 4.74 Å². The van der Waals surface area contributed by atoms with Gasteiger partial charge in [-0.3, -0.25) is 0 Å². The summed E-state index contributed by atoms with van der Waals surface area (Å²) < 4.78 is 5.31. The summed E-state index contributed by atoms with van der Waals surface area (Å²) in [6.45, 7) is 7.34. The highest BCUT2D eigenvalue weighted by Gasteiger charge is 1.92. The van der Waals surface area contributed by atoms with Crippen LogP contribution in [0.3, 0.4) is 0 Å². The van der Waals surface area contributed by atoms with Crippen LogP contribution in [0, 0.1) is 6.92 Å². The van der Waals surface area contributed by atoms with Crippen LogP contribution in [0.15, 0.2) is 42.7 Å². The van der Waals surface area contributed by atoms with E-state index in [1.807, 2.05) is 30.3 Å². The molecular formula is C10H11O. The molecule has 1 nitrogen and oxygen atoms in total. The molecule has 0 atom stereocenters. The number of rotatable bonds is 3. The van der Waals surface area contributed by atoms with Crippen molar-refractivity contribution in [1.29, 1.82) is 0 Å². The van der Waals surface area contributed by atoms with Crippen LogP contribution in [-0.4, -0.2) is 0 Å². The molecule has 0 amide bonds. The fraction of sp³-hybridized carbons (Fsp3) is 0.100. The average Bonchev–Trinajstić information content (AvgIpc) is 2.06. The fourth-order valence-electron chi connectivity index (χ4n) is 0.706. The first kappa shape index (κ1) is 7.86. The van der Waals surface area contributed by atoms with Crippen LogP contribution in [0.5, 0.6) is 5.75 Å². The summed E-state index contributed by atoms with van der Waals surface area (Å²) >= 11 is 0. The summed E-state index contributed by atoms with van der Waals surface area (Å²) in [5.41, 5.74) is 0. The Bertz CT molecular complexity index is 226. The van der Waals surface area contributed by atoms with E-state index in [1.54, 1.807) is 0 Å². The van der Waals surface area contributed by atoms with Gasteiger partial charge in [-0.1, -0.05) is 24.8 Å². The number of ether oxygens (including phenoxy) is 1. The number of benzene rings is 1. The number of para-hydroxylation sites is 1. The molecule has 0 spiro atoms. The van der Waals surface area contributed by atoms with Crippen LogP contribution in [0.25, 0.3) is 0 Å². The van der Waals surface area contributed by atoms with Crippen LogP contribution in [0.1, 0.15) is 6.42 Å². The molecule has 1 radical (unpaired) electrons. The zero-order valence-electron chi connectivity index (χ0n) is 6.42. The molecule has 0 heterocycles. The minimum absolute atomic E-state index is 0.606. The maximum absolute atomic E-state index is 5.31. The van der Waals surface area contributed by atoms with Gasteiger partial charge in [0.25, 0.3) is 0 Å². The van der Waals surface area contributed by atoms with Crippen molar-refractivity contribution >= 4 is 0 Å². The third-order valence-corrected chi connectivity index (χ3v) is 1.28. The van der Waals surface area contributed by atoms with E-state index in [-0.39, 0.29) is 0 Å². The maximum atomic E-state index is 5.31. The third kappa shape index (κ3) is 2.46. The van der Waals surface area contributed by atoms with Gasteiger partial charge in [0.1, 0.15) is 5.75 Å². The summed E-state index contributed by atoms with van der Waals surface area (Å²) in [5.74, 6) is 1.51. The zero-order chi connectivity index (χ0) is 8.10. The van der Waals surface area contributed by atoms with Crippen molar-refractivity contribution in [1.82, 2.24) is 0 Å². The molecule has 0 fully saturated rings. The molecule has 0 aliphatic carbocycles. The van der Waals surface area contributed by atoms with E-state index in [2.05, 4.69) is 13.5 Å². The van der Waals surface area contributed by atoms with Crippen molar-refractivity contribution in [2.45, 2.75) is 6.42 Å². The Morgan fingerprint density at radius 1 is 1.27 bits per heavy atom. The van der Waals surface area contributed by atoms with Gasteiger partial charge >= 0.3 is 0 Å². The highest BCUT2D eigenvalue weighted by Crippen LogP contribution is 2.12. The van der Waals surface area contributed by atoms with Gasteiger partial charge in [-0.05, 0) is 19.1 Å². The van der Waals surface area contributed by atoms with Crippen LogP contribution in [0.4, 0.5) is 0 Å². The normalized spacial score (nSPS) is 9.18. The molecule has 11 heavy (non-hydrogen) atoms. The minimum atomic E-state index is 0.606. The molecule has 0 unspecified atom stereocenters. The fourth-order valence-corrected chi connectivity index (χ4v) is 0.706. The molecule has 0 aromatic heterocycles. The first-order valence-corrected chi connectivity index (χ1v) is 3.53. The molecule has 0 bridgehead atoms. The Hall–Kier alpha value is -1.24. The smallest absolute Gasteiger partial charge is 0.126 e. The lowest BCUT2D eigenvalue weighted by Crippen LogP contribution is -1.90.